The number of rotatable bonds is 4. The molecule has 27 heavy (non-hydrogen) atoms. The van der Waals surface area contributed by atoms with Crippen LogP contribution in [0.1, 0.15) is 54.8 Å². The number of carbonyl (C=O) groups is 1. The highest BCUT2D eigenvalue weighted by Crippen LogP contribution is 2.43. The summed E-state index contributed by atoms with van der Waals surface area (Å²) >= 11 is 3.32. The van der Waals surface area contributed by atoms with Crippen LogP contribution in [-0.2, 0) is 0 Å². The van der Waals surface area contributed by atoms with Crippen LogP contribution in [0, 0.1) is 0 Å². The molecule has 5 nitrogen and oxygen atoms in total. The maximum Gasteiger partial charge on any atom is 0.410 e. The standard InChI is InChI=1S/C18H20BrF3N4O/c1-3-10(2)23-17(27)14-9-16-24-13(11-4-6-12(19)7-5-11)8-15(18(20,21)22)26(16)25-14/h4-7,9-10,13,15,24H,3,8H2,1-2H3,(H,23,27)/t10-,13-,15-/m0/s1. The summed E-state index contributed by atoms with van der Waals surface area (Å²) < 4.78 is 42.7. The van der Waals surface area contributed by atoms with Crippen LogP contribution in [0.3, 0.4) is 0 Å². The van der Waals surface area contributed by atoms with Gasteiger partial charge in [0, 0.05) is 23.0 Å². The Morgan fingerprint density at radius 2 is 2.07 bits per heavy atom. The molecule has 2 aromatic rings. The van der Waals surface area contributed by atoms with Gasteiger partial charge in [-0.05, 0) is 31.0 Å². The second kappa shape index (κ2) is 7.53. The van der Waals surface area contributed by atoms with E-state index < -0.39 is 24.2 Å². The molecule has 1 aliphatic heterocycles. The van der Waals surface area contributed by atoms with Gasteiger partial charge in [0.15, 0.2) is 11.7 Å². The topological polar surface area (TPSA) is 59.0 Å². The van der Waals surface area contributed by atoms with Crippen LogP contribution in [0.5, 0.6) is 0 Å². The quantitative estimate of drug-likeness (QED) is 0.709. The number of anilines is 1. The molecule has 0 spiro atoms. The van der Waals surface area contributed by atoms with Gasteiger partial charge in [0.25, 0.3) is 5.91 Å². The molecule has 1 aromatic heterocycles. The summed E-state index contributed by atoms with van der Waals surface area (Å²) in [5.74, 6) is -0.292. The maximum absolute atomic E-state index is 13.7. The van der Waals surface area contributed by atoms with E-state index in [1.807, 2.05) is 13.8 Å². The van der Waals surface area contributed by atoms with Crippen LogP contribution < -0.4 is 10.6 Å². The van der Waals surface area contributed by atoms with E-state index in [-0.39, 0.29) is 24.0 Å². The lowest BCUT2D eigenvalue weighted by molar-refractivity contribution is -0.173. The second-order valence-corrected chi connectivity index (χ2v) is 7.60. The molecule has 0 fully saturated rings. The number of fused-ring (bicyclic) bond motifs is 1. The Balaban J connectivity index is 1.93. The highest BCUT2D eigenvalue weighted by molar-refractivity contribution is 9.10. The Morgan fingerprint density at radius 1 is 1.41 bits per heavy atom. The summed E-state index contributed by atoms with van der Waals surface area (Å²) in [5, 5.41) is 9.75. The van der Waals surface area contributed by atoms with E-state index >= 15 is 0 Å². The first kappa shape index (κ1) is 19.7. The third-order valence-electron chi connectivity index (χ3n) is 4.68. The minimum atomic E-state index is -4.47. The molecule has 2 heterocycles. The van der Waals surface area contributed by atoms with E-state index in [0.717, 1.165) is 14.7 Å². The molecule has 0 aliphatic carbocycles. The highest BCUT2D eigenvalue weighted by atomic mass is 79.9. The normalized spacial score (nSPS) is 20.5. The van der Waals surface area contributed by atoms with Gasteiger partial charge in [-0.2, -0.15) is 18.3 Å². The summed E-state index contributed by atoms with van der Waals surface area (Å²) in [6.45, 7) is 3.74. The molecule has 0 saturated carbocycles. The summed E-state index contributed by atoms with van der Waals surface area (Å²) in [6.07, 6.45) is -3.96. The lowest BCUT2D eigenvalue weighted by Crippen LogP contribution is -2.36. The molecule has 1 amide bonds. The molecule has 146 valence electrons. The van der Waals surface area contributed by atoms with Crippen molar-refractivity contribution in [3.05, 3.63) is 46.1 Å². The third-order valence-corrected chi connectivity index (χ3v) is 5.21. The number of hydrogen-bond acceptors (Lipinski definition) is 3. The summed E-state index contributed by atoms with van der Waals surface area (Å²) in [7, 11) is 0. The number of carbonyl (C=O) groups excluding carboxylic acids is 1. The van der Waals surface area contributed by atoms with E-state index in [1.54, 1.807) is 24.3 Å². The van der Waals surface area contributed by atoms with Crippen molar-refractivity contribution in [3.8, 4) is 0 Å². The summed E-state index contributed by atoms with van der Waals surface area (Å²) in [6, 6.07) is 6.09. The molecule has 9 heteroatoms. The van der Waals surface area contributed by atoms with Crippen molar-refractivity contribution in [2.24, 2.45) is 0 Å². The average Bonchev–Trinajstić information content (AvgIpc) is 3.04. The van der Waals surface area contributed by atoms with Crippen molar-refractivity contribution in [3.63, 3.8) is 0 Å². The molecule has 2 N–H and O–H groups in total. The van der Waals surface area contributed by atoms with Crippen molar-refractivity contribution in [1.82, 2.24) is 15.1 Å². The van der Waals surface area contributed by atoms with Gasteiger partial charge >= 0.3 is 6.18 Å². The van der Waals surface area contributed by atoms with Crippen molar-refractivity contribution in [2.45, 2.75) is 51.0 Å². The minimum Gasteiger partial charge on any atom is -0.363 e. The zero-order valence-electron chi connectivity index (χ0n) is 14.8. The zero-order valence-corrected chi connectivity index (χ0v) is 16.4. The van der Waals surface area contributed by atoms with Gasteiger partial charge in [0.1, 0.15) is 5.82 Å². The first-order valence-corrected chi connectivity index (χ1v) is 9.47. The Kier molecular flexibility index (Phi) is 5.50. The largest absolute Gasteiger partial charge is 0.410 e. The predicted molar refractivity (Wildman–Crippen MR) is 99.7 cm³/mol. The summed E-state index contributed by atoms with van der Waals surface area (Å²) in [5.41, 5.74) is 0.717. The first-order chi connectivity index (χ1) is 12.7. The molecule has 0 unspecified atom stereocenters. The molecule has 3 atom stereocenters. The number of aromatic nitrogens is 2. The molecule has 1 aliphatic rings. The number of amides is 1. The number of benzene rings is 1. The maximum atomic E-state index is 13.7. The fourth-order valence-electron chi connectivity index (χ4n) is 3.00. The number of alkyl halides is 3. The Morgan fingerprint density at radius 3 is 2.67 bits per heavy atom. The predicted octanol–water partition coefficient (Wildman–Crippen LogP) is 4.83. The van der Waals surface area contributed by atoms with Crippen LogP contribution in [0.25, 0.3) is 0 Å². The van der Waals surface area contributed by atoms with Gasteiger partial charge in [0.2, 0.25) is 0 Å². The van der Waals surface area contributed by atoms with Crippen LogP contribution in [0.4, 0.5) is 19.0 Å². The molecule has 0 radical (unpaired) electrons. The van der Waals surface area contributed by atoms with Gasteiger partial charge in [-0.15, -0.1) is 0 Å². The smallest absolute Gasteiger partial charge is 0.363 e. The van der Waals surface area contributed by atoms with E-state index in [9.17, 15) is 18.0 Å². The Labute approximate surface area is 163 Å². The van der Waals surface area contributed by atoms with Crippen molar-refractivity contribution >= 4 is 27.7 Å². The highest BCUT2D eigenvalue weighted by Gasteiger charge is 2.46. The SMILES string of the molecule is CC[C@H](C)NC(=O)c1cc2n(n1)[C@H](C(F)(F)F)C[C@@H](c1ccc(Br)cc1)N2. The molecular weight excluding hydrogens is 425 g/mol. The molecule has 0 bridgehead atoms. The fraction of sp³-hybridized carbons (Fsp3) is 0.444. The average molecular weight is 445 g/mol. The van der Waals surface area contributed by atoms with Gasteiger partial charge in [-0.3, -0.25) is 4.79 Å². The minimum absolute atomic E-state index is 0.0245. The van der Waals surface area contributed by atoms with Crippen LogP contribution in [-0.4, -0.2) is 27.9 Å². The van der Waals surface area contributed by atoms with Crippen molar-refractivity contribution in [2.75, 3.05) is 5.32 Å². The van der Waals surface area contributed by atoms with Crippen LogP contribution >= 0.6 is 15.9 Å². The number of nitrogens with one attached hydrogen (secondary N) is 2. The second-order valence-electron chi connectivity index (χ2n) is 6.68. The van der Waals surface area contributed by atoms with Crippen LogP contribution in [0.15, 0.2) is 34.8 Å². The van der Waals surface area contributed by atoms with Crippen molar-refractivity contribution < 1.29 is 18.0 Å². The van der Waals surface area contributed by atoms with Gasteiger partial charge in [0.05, 0.1) is 6.04 Å². The molecular formula is C18H20BrF3N4O. The molecule has 0 saturated heterocycles. The first-order valence-electron chi connectivity index (χ1n) is 8.68. The zero-order chi connectivity index (χ0) is 19.8. The Hall–Kier alpha value is -2.03. The van der Waals surface area contributed by atoms with Crippen molar-refractivity contribution in [1.29, 1.82) is 0 Å². The summed E-state index contributed by atoms with van der Waals surface area (Å²) in [4.78, 5) is 12.3. The van der Waals surface area contributed by atoms with E-state index in [1.165, 1.54) is 6.07 Å². The number of hydrogen-bond donors (Lipinski definition) is 2. The monoisotopic (exact) mass is 444 g/mol. The number of halogens is 4. The van der Waals surface area contributed by atoms with Crippen LogP contribution in [0.2, 0.25) is 0 Å². The third kappa shape index (κ3) is 4.28. The molecule has 1 aromatic carbocycles. The lowest BCUT2D eigenvalue weighted by atomic mass is 9.97. The van der Waals surface area contributed by atoms with E-state index in [0.29, 0.717) is 6.42 Å². The van der Waals surface area contributed by atoms with E-state index in [4.69, 9.17) is 0 Å². The van der Waals surface area contributed by atoms with Gasteiger partial charge in [-0.25, -0.2) is 4.68 Å². The van der Waals surface area contributed by atoms with E-state index in [2.05, 4.69) is 31.7 Å². The Bertz CT molecular complexity index is 819. The molecule has 3 rings (SSSR count). The van der Waals surface area contributed by atoms with Gasteiger partial charge < -0.3 is 10.6 Å². The lowest BCUT2D eigenvalue weighted by Gasteiger charge is -2.33. The fourth-order valence-corrected chi connectivity index (χ4v) is 3.26. The van der Waals surface area contributed by atoms with Gasteiger partial charge in [-0.1, -0.05) is 35.0 Å². The number of nitrogens with zero attached hydrogens (tertiary/aromatic N) is 2.